The van der Waals surface area contributed by atoms with Crippen molar-refractivity contribution in [3.05, 3.63) is 34.3 Å². The SMILES string of the molecule is CCC(O)CCNC(=O)c1ccc(C)c(Cl)c1. The first-order valence-electron chi connectivity index (χ1n) is 5.77. The number of benzene rings is 1. The van der Waals surface area contributed by atoms with Gasteiger partial charge in [0.05, 0.1) is 6.10 Å². The molecule has 0 radical (unpaired) electrons. The van der Waals surface area contributed by atoms with Crippen molar-refractivity contribution in [2.45, 2.75) is 32.8 Å². The third-order valence-electron chi connectivity index (χ3n) is 2.67. The second kappa shape index (κ2) is 6.62. The average molecular weight is 256 g/mol. The number of halogens is 1. The van der Waals surface area contributed by atoms with Gasteiger partial charge in [0, 0.05) is 17.1 Å². The summed E-state index contributed by atoms with van der Waals surface area (Å²) >= 11 is 5.94. The van der Waals surface area contributed by atoms with Crippen molar-refractivity contribution in [2.24, 2.45) is 0 Å². The Hall–Kier alpha value is -1.06. The number of carbonyl (C=O) groups is 1. The molecule has 94 valence electrons. The summed E-state index contributed by atoms with van der Waals surface area (Å²) in [6, 6.07) is 5.22. The molecular formula is C13H18ClNO2. The average Bonchev–Trinajstić information content (AvgIpc) is 2.32. The number of amides is 1. The highest BCUT2D eigenvalue weighted by Gasteiger charge is 2.07. The van der Waals surface area contributed by atoms with Crippen molar-refractivity contribution in [1.82, 2.24) is 5.32 Å². The van der Waals surface area contributed by atoms with E-state index in [4.69, 9.17) is 11.6 Å². The molecule has 0 fully saturated rings. The maximum absolute atomic E-state index is 11.7. The molecule has 2 N–H and O–H groups in total. The third kappa shape index (κ3) is 4.36. The highest BCUT2D eigenvalue weighted by atomic mass is 35.5. The Bertz CT molecular complexity index is 393. The van der Waals surface area contributed by atoms with E-state index in [1.165, 1.54) is 0 Å². The zero-order chi connectivity index (χ0) is 12.8. The molecule has 3 nitrogen and oxygen atoms in total. The first-order chi connectivity index (χ1) is 8.04. The number of carbonyl (C=O) groups excluding carboxylic acids is 1. The number of rotatable bonds is 5. The summed E-state index contributed by atoms with van der Waals surface area (Å²) in [6.07, 6.45) is 0.922. The zero-order valence-electron chi connectivity index (χ0n) is 10.2. The summed E-state index contributed by atoms with van der Waals surface area (Å²) in [7, 11) is 0. The predicted molar refractivity (Wildman–Crippen MR) is 69.4 cm³/mol. The molecule has 0 heterocycles. The standard InChI is InChI=1S/C13H18ClNO2/c1-3-11(16)6-7-15-13(17)10-5-4-9(2)12(14)8-10/h4-5,8,11,16H,3,6-7H2,1-2H3,(H,15,17). The molecule has 0 aliphatic rings. The first-order valence-corrected chi connectivity index (χ1v) is 6.14. The molecule has 0 saturated heterocycles. The topological polar surface area (TPSA) is 49.3 Å². The summed E-state index contributed by atoms with van der Waals surface area (Å²) in [4.78, 5) is 11.7. The smallest absolute Gasteiger partial charge is 0.251 e. The van der Waals surface area contributed by atoms with Crippen LogP contribution in [0.2, 0.25) is 5.02 Å². The summed E-state index contributed by atoms with van der Waals surface area (Å²) < 4.78 is 0. The van der Waals surface area contributed by atoms with Crippen LogP contribution in [-0.2, 0) is 0 Å². The molecule has 0 aliphatic heterocycles. The Labute approximate surface area is 107 Å². The monoisotopic (exact) mass is 255 g/mol. The first kappa shape index (κ1) is 14.0. The van der Waals surface area contributed by atoms with Crippen molar-refractivity contribution in [1.29, 1.82) is 0 Å². The van der Waals surface area contributed by atoms with Gasteiger partial charge in [0.15, 0.2) is 0 Å². The van der Waals surface area contributed by atoms with E-state index in [1.54, 1.807) is 12.1 Å². The molecule has 17 heavy (non-hydrogen) atoms. The molecule has 1 unspecified atom stereocenters. The number of aliphatic hydroxyl groups excluding tert-OH is 1. The van der Waals surface area contributed by atoms with E-state index in [-0.39, 0.29) is 12.0 Å². The van der Waals surface area contributed by atoms with Gasteiger partial charge in [-0.05, 0) is 37.5 Å². The Morgan fingerprint density at radius 1 is 1.53 bits per heavy atom. The van der Waals surface area contributed by atoms with E-state index < -0.39 is 0 Å². The lowest BCUT2D eigenvalue weighted by atomic mass is 10.1. The Balaban J connectivity index is 2.50. The quantitative estimate of drug-likeness (QED) is 0.850. The highest BCUT2D eigenvalue weighted by molar-refractivity contribution is 6.31. The van der Waals surface area contributed by atoms with E-state index in [0.717, 1.165) is 5.56 Å². The molecule has 0 bridgehead atoms. The minimum atomic E-state index is -0.350. The van der Waals surface area contributed by atoms with Gasteiger partial charge >= 0.3 is 0 Å². The number of nitrogens with one attached hydrogen (secondary N) is 1. The fourth-order valence-electron chi connectivity index (χ4n) is 1.39. The van der Waals surface area contributed by atoms with Crippen LogP contribution in [0.1, 0.15) is 35.7 Å². The molecule has 1 atom stereocenters. The molecule has 1 amide bonds. The van der Waals surface area contributed by atoms with Crippen molar-refractivity contribution >= 4 is 17.5 Å². The minimum Gasteiger partial charge on any atom is -0.393 e. The Kier molecular flexibility index (Phi) is 5.45. The maximum Gasteiger partial charge on any atom is 0.251 e. The number of aliphatic hydroxyl groups is 1. The molecule has 0 saturated carbocycles. The molecule has 0 aliphatic carbocycles. The molecule has 1 aromatic rings. The molecule has 1 rings (SSSR count). The second-order valence-electron chi connectivity index (χ2n) is 4.07. The van der Waals surface area contributed by atoms with Crippen LogP contribution in [0.15, 0.2) is 18.2 Å². The van der Waals surface area contributed by atoms with Crippen molar-refractivity contribution in [2.75, 3.05) is 6.54 Å². The lowest BCUT2D eigenvalue weighted by Gasteiger charge is -2.09. The highest BCUT2D eigenvalue weighted by Crippen LogP contribution is 2.16. The van der Waals surface area contributed by atoms with Crippen molar-refractivity contribution < 1.29 is 9.90 Å². The van der Waals surface area contributed by atoms with Crippen LogP contribution in [0.3, 0.4) is 0 Å². The van der Waals surface area contributed by atoms with Gasteiger partial charge in [-0.3, -0.25) is 4.79 Å². The van der Waals surface area contributed by atoms with E-state index in [1.807, 2.05) is 19.9 Å². The van der Waals surface area contributed by atoms with Gasteiger partial charge in [-0.25, -0.2) is 0 Å². The predicted octanol–water partition coefficient (Wildman–Crippen LogP) is 2.54. The van der Waals surface area contributed by atoms with E-state index in [2.05, 4.69) is 5.32 Å². The molecule has 4 heteroatoms. The van der Waals surface area contributed by atoms with Crippen LogP contribution in [0, 0.1) is 6.92 Å². The van der Waals surface area contributed by atoms with Gasteiger partial charge in [0.2, 0.25) is 0 Å². The minimum absolute atomic E-state index is 0.157. The normalized spacial score (nSPS) is 12.2. The lowest BCUT2D eigenvalue weighted by Crippen LogP contribution is -2.27. The third-order valence-corrected chi connectivity index (χ3v) is 3.08. The molecular weight excluding hydrogens is 238 g/mol. The number of aryl methyl sites for hydroxylation is 1. The second-order valence-corrected chi connectivity index (χ2v) is 4.48. The van der Waals surface area contributed by atoms with Crippen LogP contribution in [-0.4, -0.2) is 23.7 Å². The summed E-state index contributed by atoms with van der Waals surface area (Å²) in [5.74, 6) is -0.157. The van der Waals surface area contributed by atoms with Crippen LogP contribution in [0.25, 0.3) is 0 Å². The van der Waals surface area contributed by atoms with Crippen LogP contribution >= 0.6 is 11.6 Å². The van der Waals surface area contributed by atoms with E-state index in [0.29, 0.717) is 30.0 Å². The summed E-state index contributed by atoms with van der Waals surface area (Å²) in [5.41, 5.74) is 1.50. The Morgan fingerprint density at radius 3 is 2.82 bits per heavy atom. The van der Waals surface area contributed by atoms with Gasteiger partial charge in [0.1, 0.15) is 0 Å². The largest absolute Gasteiger partial charge is 0.393 e. The van der Waals surface area contributed by atoms with Crippen molar-refractivity contribution in [3.63, 3.8) is 0 Å². The molecule has 0 spiro atoms. The fraction of sp³-hybridized carbons (Fsp3) is 0.462. The Morgan fingerprint density at radius 2 is 2.24 bits per heavy atom. The molecule has 1 aromatic carbocycles. The van der Waals surface area contributed by atoms with Crippen molar-refractivity contribution in [3.8, 4) is 0 Å². The van der Waals surface area contributed by atoms with Gasteiger partial charge in [-0.15, -0.1) is 0 Å². The van der Waals surface area contributed by atoms with Crippen LogP contribution in [0.5, 0.6) is 0 Å². The van der Waals surface area contributed by atoms with E-state index >= 15 is 0 Å². The fourth-order valence-corrected chi connectivity index (χ4v) is 1.57. The van der Waals surface area contributed by atoms with Gasteiger partial charge < -0.3 is 10.4 Å². The molecule has 0 aromatic heterocycles. The number of hydrogen-bond donors (Lipinski definition) is 2. The van der Waals surface area contributed by atoms with Gasteiger partial charge in [-0.1, -0.05) is 24.6 Å². The van der Waals surface area contributed by atoms with Crippen LogP contribution < -0.4 is 5.32 Å². The number of hydrogen-bond acceptors (Lipinski definition) is 2. The lowest BCUT2D eigenvalue weighted by molar-refractivity contribution is 0.0942. The van der Waals surface area contributed by atoms with E-state index in [9.17, 15) is 9.90 Å². The zero-order valence-corrected chi connectivity index (χ0v) is 10.9. The van der Waals surface area contributed by atoms with Crippen LogP contribution in [0.4, 0.5) is 0 Å². The summed E-state index contributed by atoms with van der Waals surface area (Å²) in [6.45, 7) is 4.27. The summed E-state index contributed by atoms with van der Waals surface area (Å²) in [5, 5.41) is 12.7. The maximum atomic E-state index is 11.7. The van der Waals surface area contributed by atoms with Gasteiger partial charge in [0.25, 0.3) is 5.91 Å². The van der Waals surface area contributed by atoms with Gasteiger partial charge in [-0.2, -0.15) is 0 Å².